The Labute approximate surface area is 217 Å². The SMILES string of the molecule is CCCCCCCCCCNC(C)(C)c1ncco1.O=C(O)c1ccc(C(F)(F)F)c(OCC2CC2)n1. The van der Waals surface area contributed by atoms with Crippen LogP contribution < -0.4 is 10.1 Å². The van der Waals surface area contributed by atoms with Crippen LogP contribution in [0.15, 0.2) is 29.0 Å². The first-order valence-electron chi connectivity index (χ1n) is 13.1. The smallest absolute Gasteiger partial charge is 0.421 e. The number of carbonyl (C=O) groups is 1. The molecule has 208 valence electrons. The molecule has 1 aliphatic rings. The van der Waals surface area contributed by atoms with Crippen LogP contribution in [0.5, 0.6) is 5.88 Å². The maximum atomic E-state index is 12.7. The summed E-state index contributed by atoms with van der Waals surface area (Å²) in [4.78, 5) is 18.3. The van der Waals surface area contributed by atoms with Gasteiger partial charge in [0.2, 0.25) is 11.8 Å². The van der Waals surface area contributed by atoms with Gasteiger partial charge < -0.3 is 19.6 Å². The van der Waals surface area contributed by atoms with Crippen molar-refractivity contribution in [1.82, 2.24) is 15.3 Å². The van der Waals surface area contributed by atoms with Crippen molar-refractivity contribution in [2.45, 2.75) is 96.7 Å². The van der Waals surface area contributed by atoms with Gasteiger partial charge >= 0.3 is 12.1 Å². The molecule has 1 aliphatic carbocycles. The van der Waals surface area contributed by atoms with E-state index in [1.807, 2.05) is 0 Å². The fourth-order valence-electron chi connectivity index (χ4n) is 3.63. The molecule has 10 heteroatoms. The van der Waals surface area contributed by atoms with Crippen LogP contribution in [0, 0.1) is 5.92 Å². The molecule has 2 aromatic heterocycles. The number of nitrogens with one attached hydrogen (secondary N) is 1. The maximum Gasteiger partial charge on any atom is 0.421 e. The van der Waals surface area contributed by atoms with Gasteiger partial charge in [-0.2, -0.15) is 13.2 Å². The number of hydrogen-bond acceptors (Lipinski definition) is 6. The van der Waals surface area contributed by atoms with Crippen LogP contribution in [-0.2, 0) is 11.7 Å². The molecular weight excluding hydrogens is 487 g/mol. The van der Waals surface area contributed by atoms with E-state index < -0.39 is 29.3 Å². The molecule has 1 saturated carbocycles. The maximum absolute atomic E-state index is 12.7. The molecule has 3 rings (SSSR count). The van der Waals surface area contributed by atoms with Gasteiger partial charge in [0.1, 0.15) is 11.8 Å². The largest absolute Gasteiger partial charge is 0.477 e. The predicted octanol–water partition coefficient (Wildman–Crippen LogP) is 7.23. The summed E-state index contributed by atoms with van der Waals surface area (Å²) < 4.78 is 48.3. The Morgan fingerprint density at radius 3 is 2.30 bits per heavy atom. The van der Waals surface area contributed by atoms with Crippen LogP contribution in [0.25, 0.3) is 0 Å². The standard InChI is InChI=1S/C16H30N2O.C11H10F3NO3/c1-4-5-6-7-8-9-10-11-12-18-16(2,3)15-17-13-14-19-15;12-11(13,14)7-3-4-8(10(16)17)15-9(7)18-5-6-1-2-6/h13-14,18H,4-12H2,1-3H3;3-4,6H,1-2,5H2,(H,16,17). The highest BCUT2D eigenvalue weighted by molar-refractivity contribution is 5.85. The first-order chi connectivity index (χ1) is 17.5. The first-order valence-corrected chi connectivity index (χ1v) is 13.1. The van der Waals surface area contributed by atoms with Gasteiger partial charge in [0.05, 0.1) is 18.3 Å². The zero-order chi connectivity index (χ0) is 27.3. The van der Waals surface area contributed by atoms with E-state index in [-0.39, 0.29) is 18.1 Å². The third kappa shape index (κ3) is 11.5. The lowest BCUT2D eigenvalue weighted by Crippen LogP contribution is -2.37. The summed E-state index contributed by atoms with van der Waals surface area (Å²) in [5.74, 6) is -1.03. The van der Waals surface area contributed by atoms with E-state index in [4.69, 9.17) is 14.3 Å². The van der Waals surface area contributed by atoms with Crippen LogP contribution in [0.3, 0.4) is 0 Å². The first kappa shape index (κ1) is 30.6. The second kappa shape index (κ2) is 15.0. The highest BCUT2D eigenvalue weighted by atomic mass is 19.4. The quantitative estimate of drug-likeness (QED) is 0.236. The molecule has 0 saturated heterocycles. The van der Waals surface area contributed by atoms with E-state index >= 15 is 0 Å². The zero-order valence-corrected chi connectivity index (χ0v) is 22.1. The summed E-state index contributed by atoms with van der Waals surface area (Å²) in [5, 5.41) is 12.2. The molecule has 2 N–H and O–H groups in total. The predicted molar refractivity (Wildman–Crippen MR) is 135 cm³/mol. The van der Waals surface area contributed by atoms with Crippen LogP contribution in [-0.4, -0.2) is 34.2 Å². The minimum Gasteiger partial charge on any atom is -0.477 e. The van der Waals surface area contributed by atoms with E-state index in [2.05, 4.69) is 36.1 Å². The number of rotatable bonds is 15. The Hall–Kier alpha value is -2.62. The number of carboxylic acid groups (broad SMARTS) is 1. The highest BCUT2D eigenvalue weighted by Gasteiger charge is 2.36. The number of pyridine rings is 1. The number of hydrogen-bond donors (Lipinski definition) is 2. The van der Waals surface area contributed by atoms with Crippen molar-refractivity contribution in [3.8, 4) is 5.88 Å². The molecule has 7 nitrogen and oxygen atoms in total. The fraction of sp³-hybridized carbons (Fsp3) is 0.667. The number of nitrogens with zero attached hydrogens (tertiary/aromatic N) is 2. The van der Waals surface area contributed by atoms with Gasteiger partial charge in [-0.15, -0.1) is 0 Å². The molecule has 0 aliphatic heterocycles. The van der Waals surface area contributed by atoms with Crippen molar-refractivity contribution in [2.24, 2.45) is 5.92 Å². The van der Waals surface area contributed by atoms with E-state index in [1.165, 1.54) is 51.4 Å². The topological polar surface area (TPSA) is 97.5 Å². The van der Waals surface area contributed by atoms with Gasteiger partial charge in [0.15, 0.2) is 5.69 Å². The Kier molecular flexibility index (Phi) is 12.4. The highest BCUT2D eigenvalue weighted by Crippen LogP contribution is 2.36. The lowest BCUT2D eigenvalue weighted by atomic mass is 10.0. The molecule has 2 aromatic rings. The van der Waals surface area contributed by atoms with Gasteiger partial charge in [-0.3, -0.25) is 0 Å². The van der Waals surface area contributed by atoms with Crippen LogP contribution >= 0.6 is 0 Å². The molecule has 0 radical (unpaired) electrons. The molecule has 0 aromatic carbocycles. The van der Waals surface area contributed by atoms with Crippen molar-refractivity contribution >= 4 is 5.97 Å². The number of aromatic carboxylic acids is 1. The summed E-state index contributed by atoms with van der Waals surface area (Å²) in [6.45, 7) is 7.66. The van der Waals surface area contributed by atoms with Gasteiger partial charge in [0, 0.05) is 0 Å². The number of carboxylic acids is 1. The number of halogens is 3. The van der Waals surface area contributed by atoms with Crippen molar-refractivity contribution in [2.75, 3.05) is 13.2 Å². The Bertz CT molecular complexity index is 929. The summed E-state index contributed by atoms with van der Waals surface area (Å²) in [6.07, 6.45) is 11.4. The molecule has 0 atom stereocenters. The molecule has 0 amide bonds. The number of unbranched alkanes of at least 4 members (excludes halogenated alkanes) is 7. The molecule has 0 spiro atoms. The Balaban J connectivity index is 0.000000260. The molecule has 1 fully saturated rings. The van der Waals surface area contributed by atoms with Gasteiger partial charge in [0.25, 0.3) is 0 Å². The van der Waals surface area contributed by atoms with E-state index in [0.717, 1.165) is 31.3 Å². The zero-order valence-electron chi connectivity index (χ0n) is 22.1. The van der Waals surface area contributed by atoms with Gasteiger partial charge in [-0.25, -0.2) is 14.8 Å². The average molecular weight is 528 g/mol. The minimum absolute atomic E-state index is 0.138. The van der Waals surface area contributed by atoms with Crippen LogP contribution in [0.4, 0.5) is 13.2 Å². The monoisotopic (exact) mass is 527 g/mol. The number of ether oxygens (including phenoxy) is 1. The van der Waals surface area contributed by atoms with Crippen LogP contribution in [0.2, 0.25) is 0 Å². The average Bonchev–Trinajstić information content (AvgIpc) is 3.50. The number of oxazole rings is 1. The summed E-state index contributed by atoms with van der Waals surface area (Å²) in [7, 11) is 0. The van der Waals surface area contributed by atoms with Crippen molar-refractivity contribution in [1.29, 1.82) is 0 Å². The molecule has 0 unspecified atom stereocenters. The third-order valence-corrected chi connectivity index (χ3v) is 6.10. The third-order valence-electron chi connectivity index (χ3n) is 6.10. The van der Waals surface area contributed by atoms with E-state index in [0.29, 0.717) is 6.07 Å². The van der Waals surface area contributed by atoms with E-state index in [9.17, 15) is 18.0 Å². The van der Waals surface area contributed by atoms with Crippen molar-refractivity contribution in [3.63, 3.8) is 0 Å². The number of aromatic nitrogens is 2. The lowest BCUT2D eigenvalue weighted by Gasteiger charge is -2.22. The molecule has 37 heavy (non-hydrogen) atoms. The molecule has 2 heterocycles. The minimum atomic E-state index is -4.61. The second-order valence-electron chi connectivity index (χ2n) is 9.97. The lowest BCUT2D eigenvalue weighted by molar-refractivity contribution is -0.139. The van der Waals surface area contributed by atoms with Crippen LogP contribution in [0.1, 0.15) is 107 Å². The summed E-state index contributed by atoms with van der Waals surface area (Å²) in [5.41, 5.74) is -1.67. The molecule has 0 bridgehead atoms. The Morgan fingerprint density at radius 2 is 1.76 bits per heavy atom. The van der Waals surface area contributed by atoms with E-state index in [1.54, 1.807) is 12.5 Å². The molecular formula is C27H40F3N3O4. The summed E-state index contributed by atoms with van der Waals surface area (Å²) in [6, 6.07) is 1.49. The normalized spacial score (nSPS) is 13.7. The van der Waals surface area contributed by atoms with Gasteiger partial charge in [-0.1, -0.05) is 51.9 Å². The number of alkyl halides is 3. The summed E-state index contributed by atoms with van der Waals surface area (Å²) >= 11 is 0. The second-order valence-corrected chi connectivity index (χ2v) is 9.97. The van der Waals surface area contributed by atoms with Crippen molar-refractivity contribution in [3.05, 3.63) is 41.7 Å². The fourth-order valence-corrected chi connectivity index (χ4v) is 3.63. The Morgan fingerprint density at radius 1 is 1.11 bits per heavy atom. The van der Waals surface area contributed by atoms with Gasteiger partial charge in [-0.05, 0) is 57.7 Å². The van der Waals surface area contributed by atoms with Crippen molar-refractivity contribution < 1.29 is 32.2 Å².